The largest absolute Gasteiger partial charge is 1.00 e. The number of benzene rings is 1. The Morgan fingerprint density at radius 1 is 1.37 bits per heavy atom. The average Bonchev–Trinajstić information content (AvgIpc) is 2.35. The summed E-state index contributed by atoms with van der Waals surface area (Å²) in [7, 11) is 0. The van der Waals surface area contributed by atoms with Gasteiger partial charge in [-0.1, -0.05) is 23.7 Å². The molecule has 0 aliphatic rings. The first-order chi connectivity index (χ1) is 8.51. The molecule has 0 aliphatic heterocycles. The number of hydrogen-bond acceptors (Lipinski definition) is 2. The third-order valence-electron chi connectivity index (χ3n) is 3.24. The molecule has 1 aromatic carbocycles. The quantitative estimate of drug-likeness (QED) is 0.551. The molecule has 0 spiro atoms. The lowest BCUT2D eigenvalue weighted by Gasteiger charge is -2.22. The summed E-state index contributed by atoms with van der Waals surface area (Å²) in [4.78, 5) is 13.3. The molecule has 0 heterocycles. The van der Waals surface area contributed by atoms with Crippen LogP contribution < -0.4 is 22.0 Å². The molecule has 0 amide bonds. The van der Waals surface area contributed by atoms with E-state index in [1.165, 1.54) is 4.90 Å². The van der Waals surface area contributed by atoms with Gasteiger partial charge in [-0.15, -0.1) is 0 Å². The second kappa shape index (κ2) is 8.41. The van der Waals surface area contributed by atoms with Gasteiger partial charge in [-0.3, -0.25) is 0 Å². The molecular formula is C14H21Cl2NO2. The zero-order valence-corrected chi connectivity index (χ0v) is 13.3. The summed E-state index contributed by atoms with van der Waals surface area (Å²) in [6.45, 7) is 9.68. The van der Waals surface area contributed by atoms with E-state index in [1.54, 1.807) is 6.07 Å². The van der Waals surface area contributed by atoms with E-state index < -0.39 is 0 Å². The molecule has 108 valence electrons. The predicted molar refractivity (Wildman–Crippen MR) is 73.3 cm³/mol. The molecule has 1 N–H and O–H groups in total. The molecule has 0 aromatic heterocycles. The number of nitrogens with one attached hydrogen (secondary N) is 1. The molecule has 0 bridgehead atoms. The van der Waals surface area contributed by atoms with Crippen LogP contribution in [0, 0.1) is 6.92 Å². The Hall–Kier alpha value is -0.770. The summed E-state index contributed by atoms with van der Waals surface area (Å²) < 4.78 is 5.43. The van der Waals surface area contributed by atoms with Gasteiger partial charge in [0, 0.05) is 0 Å². The van der Waals surface area contributed by atoms with Crippen LogP contribution >= 0.6 is 11.6 Å². The molecule has 19 heavy (non-hydrogen) atoms. The van der Waals surface area contributed by atoms with Crippen LogP contribution in [0.15, 0.2) is 18.2 Å². The van der Waals surface area contributed by atoms with Crippen LogP contribution in [-0.4, -0.2) is 25.1 Å². The number of esters is 1. The predicted octanol–water partition coefficient (Wildman–Crippen LogP) is -1.13. The van der Waals surface area contributed by atoms with Crippen LogP contribution in [-0.2, 0) is 4.79 Å². The van der Waals surface area contributed by atoms with E-state index in [4.69, 9.17) is 16.3 Å². The summed E-state index contributed by atoms with van der Waals surface area (Å²) in [5, 5.41) is 0.477. The van der Waals surface area contributed by atoms with Crippen molar-refractivity contribution < 1.29 is 26.8 Å². The lowest BCUT2D eigenvalue weighted by atomic mass is 10.2. The fourth-order valence-electron chi connectivity index (χ4n) is 1.96. The van der Waals surface area contributed by atoms with Crippen molar-refractivity contribution >= 4 is 17.6 Å². The van der Waals surface area contributed by atoms with Crippen molar-refractivity contribution in [3.05, 3.63) is 28.8 Å². The Bertz CT molecular complexity index is 400. The van der Waals surface area contributed by atoms with Gasteiger partial charge in [-0.25, -0.2) is 4.79 Å². The minimum atomic E-state index is -0.232. The Kier molecular flexibility index (Phi) is 8.07. The number of carbonyl (C=O) groups is 1. The maximum Gasteiger partial charge on any atom is 0.370 e. The van der Waals surface area contributed by atoms with E-state index >= 15 is 0 Å². The van der Waals surface area contributed by atoms with Crippen molar-refractivity contribution in [2.75, 3.05) is 13.1 Å². The van der Waals surface area contributed by atoms with Crippen LogP contribution in [0.5, 0.6) is 5.75 Å². The van der Waals surface area contributed by atoms with E-state index in [2.05, 4.69) is 13.8 Å². The molecule has 1 atom stereocenters. The third kappa shape index (κ3) is 4.68. The Morgan fingerprint density at radius 3 is 2.42 bits per heavy atom. The average molecular weight is 306 g/mol. The topological polar surface area (TPSA) is 30.7 Å². The molecule has 0 saturated carbocycles. The molecule has 1 unspecified atom stereocenters. The van der Waals surface area contributed by atoms with Crippen molar-refractivity contribution in [3.63, 3.8) is 0 Å². The van der Waals surface area contributed by atoms with E-state index in [-0.39, 0.29) is 24.4 Å². The summed E-state index contributed by atoms with van der Waals surface area (Å²) >= 11 is 6.04. The normalized spacial score (nSPS) is 11.9. The van der Waals surface area contributed by atoms with Crippen molar-refractivity contribution in [3.8, 4) is 5.75 Å². The van der Waals surface area contributed by atoms with E-state index in [0.29, 0.717) is 10.8 Å². The monoisotopic (exact) mass is 305 g/mol. The molecule has 0 radical (unpaired) electrons. The third-order valence-corrected chi connectivity index (χ3v) is 3.54. The van der Waals surface area contributed by atoms with Crippen LogP contribution in [0.4, 0.5) is 0 Å². The number of ether oxygens (including phenoxy) is 1. The Labute approximate surface area is 126 Å². The standard InChI is InChI=1S/C14H20ClNO2.ClH/c1-5-16(6-2)11(4)14(17)18-13-10(3)8-7-9-12(13)15;/h7-9,11H,5-6H2,1-4H3;1H. The highest BCUT2D eigenvalue weighted by Gasteiger charge is 2.25. The number of carbonyl (C=O) groups excluding carboxylic acids is 1. The first kappa shape index (κ1) is 18.2. The van der Waals surface area contributed by atoms with Crippen LogP contribution in [0.2, 0.25) is 5.02 Å². The minimum Gasteiger partial charge on any atom is -1.00 e. The lowest BCUT2D eigenvalue weighted by molar-refractivity contribution is -0.911. The van der Waals surface area contributed by atoms with Crippen molar-refractivity contribution in [1.29, 1.82) is 0 Å². The van der Waals surface area contributed by atoms with Gasteiger partial charge in [0.15, 0.2) is 11.8 Å². The lowest BCUT2D eigenvalue weighted by Crippen LogP contribution is -3.16. The maximum atomic E-state index is 12.1. The van der Waals surface area contributed by atoms with Gasteiger partial charge in [0.25, 0.3) is 0 Å². The first-order valence-corrected chi connectivity index (χ1v) is 6.70. The molecule has 3 nitrogen and oxygen atoms in total. The molecule has 0 fully saturated rings. The molecule has 1 rings (SSSR count). The highest BCUT2D eigenvalue weighted by atomic mass is 35.5. The van der Waals surface area contributed by atoms with Crippen molar-refractivity contribution in [1.82, 2.24) is 0 Å². The second-order valence-electron chi connectivity index (χ2n) is 4.39. The first-order valence-electron chi connectivity index (χ1n) is 6.32. The number of rotatable bonds is 5. The number of hydrogen-bond donors (Lipinski definition) is 1. The van der Waals surface area contributed by atoms with Crippen molar-refractivity contribution in [2.45, 2.75) is 33.7 Å². The number of quaternary nitrogens is 1. The van der Waals surface area contributed by atoms with E-state index in [0.717, 1.165) is 18.7 Å². The van der Waals surface area contributed by atoms with Gasteiger partial charge < -0.3 is 22.0 Å². The summed E-state index contributed by atoms with van der Waals surface area (Å²) in [6.07, 6.45) is 0. The van der Waals surface area contributed by atoms with Gasteiger partial charge >= 0.3 is 5.97 Å². The molecule has 5 heteroatoms. The second-order valence-corrected chi connectivity index (χ2v) is 4.80. The summed E-state index contributed by atoms with van der Waals surface area (Å²) in [6, 6.07) is 5.26. The fourth-order valence-corrected chi connectivity index (χ4v) is 2.22. The van der Waals surface area contributed by atoms with Gasteiger partial charge in [0.05, 0.1) is 18.1 Å². The van der Waals surface area contributed by atoms with Gasteiger partial charge in [0.2, 0.25) is 0 Å². The summed E-state index contributed by atoms with van der Waals surface area (Å²) in [5.74, 6) is 0.243. The van der Waals surface area contributed by atoms with Crippen molar-refractivity contribution in [2.24, 2.45) is 0 Å². The fraction of sp³-hybridized carbons (Fsp3) is 0.500. The van der Waals surface area contributed by atoms with E-state index in [9.17, 15) is 4.79 Å². The SMILES string of the molecule is CC[NH+](CC)C(C)C(=O)Oc1c(C)cccc1Cl.[Cl-]. The van der Waals surface area contributed by atoms with Crippen LogP contribution in [0.1, 0.15) is 26.3 Å². The number of likely N-dealkylation sites (N-methyl/N-ethyl adjacent to an activating group) is 1. The molecular weight excluding hydrogens is 285 g/mol. The highest BCUT2D eigenvalue weighted by molar-refractivity contribution is 6.32. The zero-order chi connectivity index (χ0) is 13.7. The number of halogens is 2. The van der Waals surface area contributed by atoms with Gasteiger partial charge in [0.1, 0.15) is 0 Å². The van der Waals surface area contributed by atoms with Gasteiger partial charge in [-0.05, 0) is 39.3 Å². The molecule has 0 aliphatic carbocycles. The Morgan fingerprint density at radius 2 is 1.95 bits per heavy atom. The number of para-hydroxylation sites is 1. The minimum absolute atomic E-state index is 0. The summed E-state index contributed by atoms with van der Waals surface area (Å²) in [5.41, 5.74) is 0.873. The Balaban J connectivity index is 0.00000324. The van der Waals surface area contributed by atoms with E-state index in [1.807, 2.05) is 26.0 Å². The van der Waals surface area contributed by atoms with Crippen LogP contribution in [0.25, 0.3) is 0 Å². The smallest absolute Gasteiger partial charge is 0.370 e. The highest BCUT2D eigenvalue weighted by Crippen LogP contribution is 2.28. The molecule has 1 aromatic rings. The molecule has 0 saturated heterocycles. The maximum absolute atomic E-state index is 12.1. The zero-order valence-electron chi connectivity index (χ0n) is 11.8. The van der Waals surface area contributed by atoms with Crippen LogP contribution in [0.3, 0.4) is 0 Å². The van der Waals surface area contributed by atoms with Gasteiger partial charge in [-0.2, -0.15) is 0 Å². The number of aryl methyl sites for hydroxylation is 1.